The Hall–Kier alpha value is -3.07. The Labute approximate surface area is 247 Å². The van der Waals surface area contributed by atoms with Crippen molar-refractivity contribution in [1.82, 2.24) is 10.2 Å². The van der Waals surface area contributed by atoms with E-state index >= 15 is 0 Å². The first-order chi connectivity index (χ1) is 18.9. The second kappa shape index (κ2) is 13.5. The molecule has 2 amide bonds. The van der Waals surface area contributed by atoms with Gasteiger partial charge in [-0.1, -0.05) is 60.0 Å². The molecule has 0 fully saturated rings. The summed E-state index contributed by atoms with van der Waals surface area (Å²) in [5.41, 5.74) is 3.80. The number of anilines is 1. The summed E-state index contributed by atoms with van der Waals surface area (Å²) in [5.74, 6) is -0.851. The van der Waals surface area contributed by atoms with Gasteiger partial charge in [-0.3, -0.25) is 13.9 Å². The van der Waals surface area contributed by atoms with E-state index in [1.807, 2.05) is 26.8 Å². The molecule has 7 nitrogen and oxygen atoms in total. The van der Waals surface area contributed by atoms with Crippen LogP contribution in [-0.2, 0) is 26.2 Å². The van der Waals surface area contributed by atoms with Crippen molar-refractivity contribution < 1.29 is 18.0 Å². The lowest BCUT2D eigenvalue weighted by Crippen LogP contribution is -2.52. The minimum Gasteiger partial charge on any atom is -0.355 e. The van der Waals surface area contributed by atoms with Crippen molar-refractivity contribution in [1.29, 1.82) is 0 Å². The SMILES string of the molecule is CCNC(=O)C(CC)N(Cc1ccc(Cl)c(Cl)c1)C(=O)CN(c1ccc(C)c(C)c1)S(=O)(=O)c1ccc(C)cc1. The van der Waals surface area contributed by atoms with E-state index < -0.39 is 28.5 Å². The number of rotatable bonds is 11. The van der Waals surface area contributed by atoms with Crippen LogP contribution >= 0.6 is 23.2 Å². The van der Waals surface area contributed by atoms with Gasteiger partial charge in [0.1, 0.15) is 12.6 Å². The van der Waals surface area contributed by atoms with E-state index in [2.05, 4.69) is 5.32 Å². The zero-order valence-corrected chi connectivity index (χ0v) is 25.7. The van der Waals surface area contributed by atoms with Gasteiger partial charge in [0.05, 0.1) is 20.6 Å². The molecule has 214 valence electrons. The van der Waals surface area contributed by atoms with Gasteiger partial charge in [-0.25, -0.2) is 8.42 Å². The van der Waals surface area contributed by atoms with Crippen LogP contribution in [0.5, 0.6) is 0 Å². The van der Waals surface area contributed by atoms with Gasteiger partial charge < -0.3 is 10.2 Å². The third-order valence-electron chi connectivity index (χ3n) is 6.74. The summed E-state index contributed by atoms with van der Waals surface area (Å²) >= 11 is 12.3. The molecule has 0 bridgehead atoms. The minimum absolute atomic E-state index is 0.0384. The van der Waals surface area contributed by atoms with E-state index in [4.69, 9.17) is 23.2 Å². The first-order valence-corrected chi connectivity index (χ1v) is 15.3. The lowest BCUT2D eigenvalue weighted by Gasteiger charge is -2.33. The molecule has 0 saturated heterocycles. The number of amides is 2. The lowest BCUT2D eigenvalue weighted by atomic mass is 10.1. The highest BCUT2D eigenvalue weighted by molar-refractivity contribution is 7.92. The van der Waals surface area contributed by atoms with E-state index in [0.29, 0.717) is 34.3 Å². The molecule has 0 spiro atoms. The Morgan fingerprint density at radius 1 is 0.875 bits per heavy atom. The average molecular weight is 605 g/mol. The van der Waals surface area contributed by atoms with Crippen molar-refractivity contribution in [2.45, 2.75) is 58.5 Å². The number of carbonyl (C=O) groups excluding carboxylic acids is 2. The van der Waals surface area contributed by atoms with Crippen LogP contribution in [0.1, 0.15) is 42.5 Å². The Morgan fingerprint density at radius 3 is 2.12 bits per heavy atom. The maximum Gasteiger partial charge on any atom is 0.264 e. The highest BCUT2D eigenvalue weighted by Crippen LogP contribution is 2.28. The Bertz CT molecular complexity index is 1480. The molecule has 40 heavy (non-hydrogen) atoms. The molecule has 1 atom stereocenters. The topological polar surface area (TPSA) is 86.8 Å². The van der Waals surface area contributed by atoms with E-state index in [9.17, 15) is 18.0 Å². The number of aryl methyl sites for hydroxylation is 3. The van der Waals surface area contributed by atoms with E-state index in [-0.39, 0.29) is 17.3 Å². The summed E-state index contributed by atoms with van der Waals surface area (Å²) in [4.78, 5) is 28.6. The zero-order valence-electron chi connectivity index (χ0n) is 23.4. The Balaban J connectivity index is 2.09. The maximum absolute atomic E-state index is 14.1. The van der Waals surface area contributed by atoms with Crippen molar-refractivity contribution in [2.75, 3.05) is 17.4 Å². The fourth-order valence-corrected chi connectivity index (χ4v) is 6.02. The summed E-state index contributed by atoms with van der Waals surface area (Å²) in [7, 11) is -4.13. The van der Waals surface area contributed by atoms with Crippen LogP contribution < -0.4 is 9.62 Å². The normalized spacial score (nSPS) is 12.1. The Morgan fingerprint density at radius 2 is 1.55 bits per heavy atom. The van der Waals surface area contributed by atoms with Crippen LogP contribution in [0, 0.1) is 20.8 Å². The van der Waals surface area contributed by atoms with Crippen LogP contribution in [0.4, 0.5) is 5.69 Å². The highest BCUT2D eigenvalue weighted by atomic mass is 35.5. The zero-order chi connectivity index (χ0) is 29.6. The number of likely N-dealkylation sites (N-methyl/N-ethyl adjacent to an activating group) is 1. The molecule has 0 aliphatic carbocycles. The van der Waals surface area contributed by atoms with Crippen LogP contribution in [0.3, 0.4) is 0 Å². The molecule has 1 N–H and O–H groups in total. The molecule has 3 aromatic rings. The molecule has 0 heterocycles. The van der Waals surface area contributed by atoms with Gasteiger partial charge in [-0.2, -0.15) is 0 Å². The number of carbonyl (C=O) groups is 2. The molecule has 0 aliphatic rings. The van der Waals surface area contributed by atoms with E-state index in [0.717, 1.165) is 21.0 Å². The second-order valence-corrected chi connectivity index (χ2v) is 12.4. The monoisotopic (exact) mass is 603 g/mol. The lowest BCUT2D eigenvalue weighted by molar-refractivity contribution is -0.140. The number of benzene rings is 3. The summed E-state index contributed by atoms with van der Waals surface area (Å²) in [5, 5.41) is 3.47. The van der Waals surface area contributed by atoms with Crippen molar-refractivity contribution in [3.63, 3.8) is 0 Å². The van der Waals surface area contributed by atoms with Gasteiger partial charge in [0.25, 0.3) is 10.0 Å². The van der Waals surface area contributed by atoms with Crippen LogP contribution in [-0.4, -0.2) is 44.3 Å². The van der Waals surface area contributed by atoms with Crippen molar-refractivity contribution >= 4 is 50.7 Å². The number of hydrogen-bond donors (Lipinski definition) is 1. The van der Waals surface area contributed by atoms with Crippen LogP contribution in [0.15, 0.2) is 65.6 Å². The van der Waals surface area contributed by atoms with Gasteiger partial charge in [0, 0.05) is 13.1 Å². The quantitative estimate of drug-likeness (QED) is 0.289. The second-order valence-electron chi connectivity index (χ2n) is 9.68. The number of nitrogens with zero attached hydrogens (tertiary/aromatic N) is 2. The van der Waals surface area contributed by atoms with Crippen molar-refractivity contribution in [3.05, 3.63) is 93.0 Å². The molecule has 0 radical (unpaired) electrons. The van der Waals surface area contributed by atoms with Crippen LogP contribution in [0.2, 0.25) is 10.0 Å². The highest BCUT2D eigenvalue weighted by Gasteiger charge is 2.33. The first kappa shape index (κ1) is 31.5. The molecular weight excluding hydrogens is 569 g/mol. The van der Waals surface area contributed by atoms with Gasteiger partial charge in [-0.05, 0) is 87.2 Å². The Kier molecular flexibility index (Phi) is 10.6. The minimum atomic E-state index is -4.13. The van der Waals surface area contributed by atoms with E-state index in [1.54, 1.807) is 56.3 Å². The number of hydrogen-bond acceptors (Lipinski definition) is 4. The summed E-state index contributed by atoms with van der Waals surface area (Å²) < 4.78 is 29.0. The smallest absolute Gasteiger partial charge is 0.264 e. The standard InChI is InChI=1S/C30H35Cl2N3O4S/c1-6-28(30(37)33-7-2)34(18-23-11-15-26(31)27(32)17-23)29(36)19-35(24-12-10-21(4)22(5)16-24)40(38,39)25-13-8-20(3)9-14-25/h8-17,28H,6-7,18-19H2,1-5H3,(H,33,37). The number of sulfonamides is 1. The van der Waals surface area contributed by atoms with Gasteiger partial charge in [-0.15, -0.1) is 0 Å². The average Bonchev–Trinajstić information content (AvgIpc) is 2.91. The molecule has 1 unspecified atom stereocenters. The molecule has 3 aromatic carbocycles. The summed E-state index contributed by atoms with van der Waals surface area (Å²) in [6.07, 6.45) is 0.327. The molecule has 0 aromatic heterocycles. The maximum atomic E-state index is 14.1. The molecule has 0 aliphatic heterocycles. The van der Waals surface area contributed by atoms with Gasteiger partial charge in [0.15, 0.2) is 0 Å². The third-order valence-corrected chi connectivity index (χ3v) is 9.27. The number of nitrogens with one attached hydrogen (secondary N) is 1. The summed E-state index contributed by atoms with van der Waals surface area (Å²) in [6, 6.07) is 15.9. The fourth-order valence-electron chi connectivity index (χ4n) is 4.29. The predicted molar refractivity (Wildman–Crippen MR) is 161 cm³/mol. The summed E-state index contributed by atoms with van der Waals surface area (Å²) in [6.45, 7) is 9.21. The van der Waals surface area contributed by atoms with Crippen molar-refractivity contribution in [2.24, 2.45) is 0 Å². The van der Waals surface area contributed by atoms with Gasteiger partial charge >= 0.3 is 0 Å². The van der Waals surface area contributed by atoms with Gasteiger partial charge in [0.2, 0.25) is 11.8 Å². The molecule has 10 heteroatoms. The molecule has 3 rings (SSSR count). The van der Waals surface area contributed by atoms with E-state index in [1.165, 1.54) is 17.0 Å². The van der Waals surface area contributed by atoms with Crippen molar-refractivity contribution in [3.8, 4) is 0 Å². The third kappa shape index (κ3) is 7.36. The molecule has 0 saturated carbocycles. The fraction of sp³-hybridized carbons (Fsp3) is 0.333. The largest absolute Gasteiger partial charge is 0.355 e. The predicted octanol–water partition coefficient (Wildman–Crippen LogP) is 6.06. The molecular formula is C30H35Cl2N3O4S. The number of halogens is 2. The van der Waals surface area contributed by atoms with Crippen LogP contribution in [0.25, 0.3) is 0 Å². The first-order valence-electron chi connectivity index (χ1n) is 13.1.